The first-order valence-electron chi connectivity index (χ1n) is 9.27. The molecule has 1 aromatic carbocycles. The van der Waals surface area contributed by atoms with Crippen molar-refractivity contribution >= 4 is 11.8 Å². The van der Waals surface area contributed by atoms with Crippen LogP contribution in [-0.2, 0) is 15.0 Å². The lowest BCUT2D eigenvalue weighted by Crippen LogP contribution is -2.58. The van der Waals surface area contributed by atoms with E-state index in [9.17, 15) is 9.59 Å². The molecule has 136 valence electrons. The molecular weight excluding hydrogens is 314 g/mol. The third-order valence-corrected chi connectivity index (χ3v) is 5.60. The summed E-state index contributed by atoms with van der Waals surface area (Å²) in [6.07, 6.45) is 1.94. The van der Waals surface area contributed by atoms with Gasteiger partial charge in [-0.05, 0) is 44.7 Å². The average molecular weight is 343 g/mol. The van der Waals surface area contributed by atoms with Crippen LogP contribution in [0.3, 0.4) is 0 Å². The van der Waals surface area contributed by atoms with Gasteiger partial charge in [0.15, 0.2) is 0 Å². The Hall–Kier alpha value is -1.88. The van der Waals surface area contributed by atoms with Crippen molar-refractivity contribution in [3.8, 4) is 0 Å². The molecule has 2 fully saturated rings. The maximum Gasteiger partial charge on any atom is 0.236 e. The maximum atomic E-state index is 13.3. The first kappa shape index (κ1) is 17.9. The zero-order valence-corrected chi connectivity index (χ0v) is 15.5. The number of amides is 2. The zero-order valence-electron chi connectivity index (χ0n) is 15.5. The summed E-state index contributed by atoms with van der Waals surface area (Å²) in [5.41, 5.74) is 1.67. The Morgan fingerprint density at radius 3 is 2.72 bits per heavy atom. The van der Waals surface area contributed by atoms with E-state index in [0.717, 1.165) is 43.6 Å². The Morgan fingerprint density at radius 1 is 1.24 bits per heavy atom. The van der Waals surface area contributed by atoms with Crippen LogP contribution in [0.5, 0.6) is 0 Å². The average Bonchev–Trinajstić information content (AvgIpc) is 2.62. The van der Waals surface area contributed by atoms with Crippen LogP contribution in [0.1, 0.15) is 37.8 Å². The zero-order chi connectivity index (χ0) is 18.0. The Balaban J connectivity index is 1.75. The van der Waals surface area contributed by atoms with Gasteiger partial charge in [0.05, 0.1) is 12.0 Å². The van der Waals surface area contributed by atoms with Gasteiger partial charge in [0.1, 0.15) is 0 Å². The highest BCUT2D eigenvalue weighted by molar-refractivity contribution is 5.88. The molecule has 2 aliphatic heterocycles. The molecular formula is C20H29N3O2. The number of nitrogens with one attached hydrogen (secondary N) is 1. The summed E-state index contributed by atoms with van der Waals surface area (Å²) in [6.45, 7) is 9.51. The number of carbonyl (C=O) groups is 2. The van der Waals surface area contributed by atoms with Crippen LogP contribution >= 0.6 is 0 Å². The van der Waals surface area contributed by atoms with Crippen molar-refractivity contribution in [2.45, 2.75) is 45.1 Å². The highest BCUT2D eigenvalue weighted by Gasteiger charge is 2.38. The van der Waals surface area contributed by atoms with Gasteiger partial charge in [-0.2, -0.15) is 0 Å². The summed E-state index contributed by atoms with van der Waals surface area (Å²) in [6, 6.07) is 8.26. The largest absolute Gasteiger partial charge is 0.340 e. The predicted molar refractivity (Wildman–Crippen MR) is 98.4 cm³/mol. The normalized spacial score (nSPS) is 22.2. The standard InChI is InChI=1S/C20H29N3O2/c1-15-7-4-5-9-17(15)20(2,3)19(25)22-11-6-8-16(14-22)23-12-10-21-13-18(23)24/h4-5,7,9,16,21H,6,8,10-14H2,1-3H3. The van der Waals surface area contributed by atoms with Crippen molar-refractivity contribution in [1.29, 1.82) is 0 Å². The Morgan fingerprint density at radius 2 is 2.00 bits per heavy atom. The molecule has 0 aromatic heterocycles. The fourth-order valence-corrected chi connectivity index (χ4v) is 4.19. The van der Waals surface area contributed by atoms with Gasteiger partial charge in [-0.1, -0.05) is 24.3 Å². The molecule has 2 amide bonds. The van der Waals surface area contributed by atoms with E-state index in [2.05, 4.69) is 24.4 Å². The minimum atomic E-state index is -0.555. The van der Waals surface area contributed by atoms with Gasteiger partial charge in [0, 0.05) is 32.2 Å². The minimum absolute atomic E-state index is 0.153. The maximum absolute atomic E-state index is 13.3. The van der Waals surface area contributed by atoms with Gasteiger partial charge in [-0.25, -0.2) is 0 Å². The molecule has 1 atom stereocenters. The third kappa shape index (κ3) is 3.56. The smallest absolute Gasteiger partial charge is 0.236 e. The summed E-state index contributed by atoms with van der Waals surface area (Å²) in [7, 11) is 0. The summed E-state index contributed by atoms with van der Waals surface area (Å²) in [4.78, 5) is 29.4. The van der Waals surface area contributed by atoms with Crippen molar-refractivity contribution < 1.29 is 9.59 Å². The van der Waals surface area contributed by atoms with Gasteiger partial charge >= 0.3 is 0 Å². The van der Waals surface area contributed by atoms with E-state index < -0.39 is 5.41 Å². The lowest BCUT2D eigenvalue weighted by Gasteiger charge is -2.43. The van der Waals surface area contributed by atoms with E-state index in [4.69, 9.17) is 0 Å². The van der Waals surface area contributed by atoms with Crippen LogP contribution in [0.25, 0.3) is 0 Å². The number of benzene rings is 1. The van der Waals surface area contributed by atoms with Crippen molar-refractivity contribution in [2.24, 2.45) is 0 Å². The number of likely N-dealkylation sites (tertiary alicyclic amines) is 1. The Kier molecular flexibility index (Phi) is 5.13. The molecule has 0 saturated carbocycles. The third-order valence-electron chi connectivity index (χ3n) is 5.60. The second-order valence-corrected chi connectivity index (χ2v) is 7.75. The van der Waals surface area contributed by atoms with E-state index >= 15 is 0 Å². The quantitative estimate of drug-likeness (QED) is 0.909. The first-order chi connectivity index (χ1) is 11.9. The first-order valence-corrected chi connectivity index (χ1v) is 9.27. The Labute approximate surface area is 150 Å². The number of piperidine rings is 1. The van der Waals surface area contributed by atoms with Crippen molar-refractivity contribution in [2.75, 3.05) is 32.7 Å². The fourth-order valence-electron chi connectivity index (χ4n) is 4.19. The molecule has 0 radical (unpaired) electrons. The summed E-state index contributed by atoms with van der Waals surface area (Å²) >= 11 is 0. The number of piperazine rings is 1. The molecule has 1 unspecified atom stereocenters. The molecule has 0 aliphatic carbocycles. The summed E-state index contributed by atoms with van der Waals surface area (Å²) in [5.74, 6) is 0.317. The number of nitrogens with zero attached hydrogens (tertiary/aromatic N) is 2. The van der Waals surface area contributed by atoms with E-state index in [1.54, 1.807) is 0 Å². The molecule has 1 aromatic rings. The number of rotatable bonds is 3. The van der Waals surface area contributed by atoms with Gasteiger partial charge < -0.3 is 15.1 Å². The number of aryl methyl sites for hydroxylation is 1. The SMILES string of the molecule is Cc1ccccc1C(C)(C)C(=O)N1CCCC(N2CCNCC2=O)C1. The lowest BCUT2D eigenvalue weighted by molar-refractivity contribution is -0.143. The number of carbonyl (C=O) groups excluding carboxylic acids is 2. The van der Waals surface area contributed by atoms with Crippen LogP contribution < -0.4 is 5.32 Å². The molecule has 2 heterocycles. The molecule has 1 N–H and O–H groups in total. The van der Waals surface area contributed by atoms with Gasteiger partial charge in [0.2, 0.25) is 11.8 Å². The molecule has 2 saturated heterocycles. The van der Waals surface area contributed by atoms with Crippen molar-refractivity contribution in [1.82, 2.24) is 15.1 Å². The van der Waals surface area contributed by atoms with E-state index in [1.807, 2.05) is 35.8 Å². The monoisotopic (exact) mass is 343 g/mol. The van der Waals surface area contributed by atoms with E-state index in [0.29, 0.717) is 13.1 Å². The van der Waals surface area contributed by atoms with Gasteiger partial charge in [0.25, 0.3) is 0 Å². The van der Waals surface area contributed by atoms with Crippen molar-refractivity contribution in [3.63, 3.8) is 0 Å². The predicted octanol–water partition coefficient (Wildman–Crippen LogP) is 1.70. The van der Waals surface area contributed by atoms with Crippen LogP contribution in [0.4, 0.5) is 0 Å². The number of hydrogen-bond donors (Lipinski definition) is 1. The van der Waals surface area contributed by atoms with E-state index in [-0.39, 0.29) is 17.9 Å². The lowest BCUT2D eigenvalue weighted by atomic mass is 9.80. The molecule has 25 heavy (non-hydrogen) atoms. The van der Waals surface area contributed by atoms with Crippen LogP contribution in [0.15, 0.2) is 24.3 Å². The highest BCUT2D eigenvalue weighted by atomic mass is 16.2. The second-order valence-electron chi connectivity index (χ2n) is 7.75. The minimum Gasteiger partial charge on any atom is -0.340 e. The molecule has 5 nitrogen and oxygen atoms in total. The van der Waals surface area contributed by atoms with Crippen LogP contribution in [0.2, 0.25) is 0 Å². The van der Waals surface area contributed by atoms with Crippen LogP contribution in [0, 0.1) is 6.92 Å². The molecule has 3 rings (SSSR count). The van der Waals surface area contributed by atoms with Gasteiger partial charge in [-0.3, -0.25) is 9.59 Å². The summed E-state index contributed by atoms with van der Waals surface area (Å²) in [5, 5.41) is 3.12. The highest BCUT2D eigenvalue weighted by Crippen LogP contribution is 2.30. The van der Waals surface area contributed by atoms with Crippen LogP contribution in [-0.4, -0.2) is 60.4 Å². The fraction of sp³-hybridized carbons (Fsp3) is 0.600. The molecule has 0 bridgehead atoms. The van der Waals surface area contributed by atoms with Gasteiger partial charge in [-0.15, -0.1) is 0 Å². The molecule has 0 spiro atoms. The van der Waals surface area contributed by atoms with E-state index in [1.165, 1.54) is 0 Å². The molecule has 5 heteroatoms. The number of hydrogen-bond acceptors (Lipinski definition) is 3. The topological polar surface area (TPSA) is 52.7 Å². The summed E-state index contributed by atoms with van der Waals surface area (Å²) < 4.78 is 0. The Bertz CT molecular complexity index is 656. The second kappa shape index (κ2) is 7.16. The molecule has 2 aliphatic rings. The van der Waals surface area contributed by atoms with Crippen molar-refractivity contribution in [3.05, 3.63) is 35.4 Å².